The molecule has 0 saturated carbocycles. The molecule has 0 radical (unpaired) electrons. The summed E-state index contributed by atoms with van der Waals surface area (Å²) >= 11 is 6.16. The summed E-state index contributed by atoms with van der Waals surface area (Å²) in [6.45, 7) is 6.13. The van der Waals surface area contributed by atoms with Crippen molar-refractivity contribution in [2.45, 2.75) is 26.2 Å². The summed E-state index contributed by atoms with van der Waals surface area (Å²) in [7, 11) is 3.23. The zero-order valence-corrected chi connectivity index (χ0v) is 13.7. The van der Waals surface area contributed by atoms with Crippen LogP contribution in [0.3, 0.4) is 0 Å². The van der Waals surface area contributed by atoms with Crippen molar-refractivity contribution in [3.63, 3.8) is 0 Å². The van der Waals surface area contributed by atoms with Gasteiger partial charge < -0.3 is 9.47 Å². The van der Waals surface area contributed by atoms with Gasteiger partial charge in [-0.05, 0) is 12.1 Å². The summed E-state index contributed by atoms with van der Waals surface area (Å²) in [5.74, 6) is 2.05. The predicted molar refractivity (Wildman–Crippen MR) is 84.3 cm³/mol. The minimum atomic E-state index is -0.200. The summed E-state index contributed by atoms with van der Waals surface area (Å²) in [5, 5.41) is 0.401. The Morgan fingerprint density at radius 1 is 1.00 bits per heavy atom. The molecule has 5 heteroatoms. The van der Waals surface area contributed by atoms with E-state index in [0.717, 1.165) is 5.56 Å². The molecular weight excluding hydrogens is 288 g/mol. The van der Waals surface area contributed by atoms with E-state index in [0.29, 0.717) is 28.2 Å². The lowest BCUT2D eigenvalue weighted by atomic mass is 9.95. The number of hydrogen-bond acceptors (Lipinski definition) is 4. The number of aromatic nitrogens is 2. The lowest BCUT2D eigenvalue weighted by molar-refractivity contribution is 0.397. The Labute approximate surface area is 130 Å². The molecule has 0 fully saturated rings. The number of methoxy groups -OCH3 is 2. The smallest absolute Gasteiger partial charge is 0.136 e. The van der Waals surface area contributed by atoms with Gasteiger partial charge in [-0.2, -0.15) is 0 Å². The molecule has 1 aromatic carbocycles. The van der Waals surface area contributed by atoms with Crippen LogP contribution in [0.25, 0.3) is 11.3 Å². The van der Waals surface area contributed by atoms with Crippen molar-refractivity contribution < 1.29 is 9.47 Å². The third kappa shape index (κ3) is 3.27. The van der Waals surface area contributed by atoms with Crippen LogP contribution in [0.5, 0.6) is 11.5 Å². The van der Waals surface area contributed by atoms with Gasteiger partial charge in [0.15, 0.2) is 0 Å². The third-order valence-corrected chi connectivity index (χ3v) is 3.24. The lowest BCUT2D eigenvalue weighted by Gasteiger charge is -2.19. The number of nitrogens with zero attached hydrogens (tertiary/aromatic N) is 2. The molecule has 0 atom stereocenters. The second-order valence-corrected chi connectivity index (χ2v) is 6.07. The number of hydrogen-bond donors (Lipinski definition) is 0. The zero-order valence-electron chi connectivity index (χ0n) is 12.9. The van der Waals surface area contributed by atoms with Crippen molar-refractivity contribution in [3.05, 3.63) is 35.2 Å². The highest BCUT2D eigenvalue weighted by molar-refractivity contribution is 6.29. The fraction of sp³-hybridized carbons (Fsp3) is 0.375. The topological polar surface area (TPSA) is 44.2 Å². The monoisotopic (exact) mass is 306 g/mol. The normalized spacial score (nSPS) is 11.3. The second-order valence-electron chi connectivity index (χ2n) is 5.69. The molecule has 0 saturated heterocycles. The molecular formula is C16H19ClN2O2. The second kappa shape index (κ2) is 5.90. The average molecular weight is 307 g/mol. The molecule has 0 aliphatic rings. The minimum Gasteiger partial charge on any atom is -0.496 e. The van der Waals surface area contributed by atoms with Crippen LogP contribution in [0.1, 0.15) is 26.6 Å². The first-order valence-corrected chi connectivity index (χ1v) is 7.01. The lowest BCUT2D eigenvalue weighted by Crippen LogP contribution is -2.16. The summed E-state index contributed by atoms with van der Waals surface area (Å²) in [4.78, 5) is 8.95. The quantitative estimate of drug-likeness (QED) is 0.800. The summed E-state index contributed by atoms with van der Waals surface area (Å²) in [6.07, 6.45) is 0. The van der Waals surface area contributed by atoms with Crippen LogP contribution < -0.4 is 9.47 Å². The predicted octanol–water partition coefficient (Wildman–Crippen LogP) is 4.11. The molecule has 0 amide bonds. The van der Waals surface area contributed by atoms with Gasteiger partial charge >= 0.3 is 0 Å². The third-order valence-electron chi connectivity index (χ3n) is 3.05. The molecule has 1 aromatic heterocycles. The van der Waals surface area contributed by atoms with Crippen molar-refractivity contribution in [2.75, 3.05) is 14.2 Å². The molecule has 0 bridgehead atoms. The molecule has 0 aliphatic carbocycles. The van der Waals surface area contributed by atoms with Crippen molar-refractivity contribution in [3.8, 4) is 22.8 Å². The standard InChI is InChI=1S/C16H19ClN2O2/c1-16(2,3)15-18-10(9-13(17)19-15)14-11(20-4)7-6-8-12(14)21-5/h6-9H,1-5H3. The van der Waals surface area contributed by atoms with E-state index in [1.54, 1.807) is 20.3 Å². The van der Waals surface area contributed by atoms with Crippen LogP contribution in [0, 0.1) is 0 Å². The first kappa shape index (κ1) is 15.6. The first-order valence-electron chi connectivity index (χ1n) is 6.63. The van der Waals surface area contributed by atoms with Gasteiger partial charge in [-0.25, -0.2) is 9.97 Å². The largest absolute Gasteiger partial charge is 0.496 e. The summed E-state index contributed by atoms with van der Waals surface area (Å²) in [6, 6.07) is 7.32. The number of benzene rings is 1. The Balaban J connectivity index is 2.70. The molecule has 112 valence electrons. The molecule has 0 spiro atoms. The molecule has 4 nitrogen and oxygen atoms in total. The molecule has 0 N–H and O–H groups in total. The summed E-state index contributed by atoms with van der Waals surface area (Å²) < 4.78 is 10.8. The maximum atomic E-state index is 6.16. The number of rotatable bonds is 3. The molecule has 0 unspecified atom stereocenters. The molecule has 2 aromatic rings. The zero-order chi connectivity index (χ0) is 15.6. The van der Waals surface area contributed by atoms with E-state index in [-0.39, 0.29) is 5.41 Å². The average Bonchev–Trinajstić information content (AvgIpc) is 2.44. The van der Waals surface area contributed by atoms with Crippen LogP contribution in [-0.4, -0.2) is 24.2 Å². The van der Waals surface area contributed by atoms with Gasteiger partial charge in [0.25, 0.3) is 0 Å². The van der Waals surface area contributed by atoms with Gasteiger partial charge in [0, 0.05) is 11.5 Å². The van der Waals surface area contributed by atoms with E-state index >= 15 is 0 Å². The van der Waals surface area contributed by atoms with Gasteiger partial charge in [-0.1, -0.05) is 38.4 Å². The van der Waals surface area contributed by atoms with Gasteiger partial charge in [0.2, 0.25) is 0 Å². The van der Waals surface area contributed by atoms with Crippen LogP contribution >= 0.6 is 11.6 Å². The highest BCUT2D eigenvalue weighted by Gasteiger charge is 2.21. The van der Waals surface area contributed by atoms with E-state index in [1.807, 2.05) is 39.0 Å². The van der Waals surface area contributed by atoms with Crippen LogP contribution in [0.4, 0.5) is 0 Å². The maximum absolute atomic E-state index is 6.16. The van der Waals surface area contributed by atoms with Gasteiger partial charge in [-0.3, -0.25) is 0 Å². The van der Waals surface area contributed by atoms with Gasteiger partial charge in [0.05, 0.1) is 25.5 Å². The van der Waals surface area contributed by atoms with E-state index < -0.39 is 0 Å². The van der Waals surface area contributed by atoms with Crippen LogP contribution in [-0.2, 0) is 5.41 Å². The first-order chi connectivity index (χ1) is 9.86. The molecule has 2 rings (SSSR count). The number of ether oxygens (including phenoxy) is 2. The highest BCUT2D eigenvalue weighted by Crippen LogP contribution is 2.38. The van der Waals surface area contributed by atoms with E-state index in [4.69, 9.17) is 21.1 Å². The SMILES string of the molecule is COc1cccc(OC)c1-c1cc(Cl)nc(C(C)(C)C)n1. The Hall–Kier alpha value is -1.81. The van der Waals surface area contributed by atoms with Crippen molar-refractivity contribution in [1.82, 2.24) is 9.97 Å². The van der Waals surface area contributed by atoms with Crippen LogP contribution in [0.15, 0.2) is 24.3 Å². The van der Waals surface area contributed by atoms with E-state index in [2.05, 4.69) is 9.97 Å². The maximum Gasteiger partial charge on any atom is 0.136 e. The molecule has 21 heavy (non-hydrogen) atoms. The Bertz CT molecular complexity index is 629. The fourth-order valence-corrected chi connectivity index (χ4v) is 2.17. The molecule has 1 heterocycles. The van der Waals surface area contributed by atoms with Crippen molar-refractivity contribution in [2.24, 2.45) is 0 Å². The Kier molecular flexibility index (Phi) is 4.37. The minimum absolute atomic E-state index is 0.200. The van der Waals surface area contributed by atoms with Crippen molar-refractivity contribution in [1.29, 1.82) is 0 Å². The van der Waals surface area contributed by atoms with Crippen LogP contribution in [0.2, 0.25) is 5.15 Å². The Morgan fingerprint density at radius 3 is 2.05 bits per heavy atom. The Morgan fingerprint density at radius 2 is 1.57 bits per heavy atom. The van der Waals surface area contributed by atoms with E-state index in [1.165, 1.54) is 0 Å². The van der Waals surface area contributed by atoms with Gasteiger partial charge in [0.1, 0.15) is 22.5 Å². The fourth-order valence-electron chi connectivity index (χ4n) is 1.98. The number of halogens is 1. The van der Waals surface area contributed by atoms with Gasteiger partial charge in [-0.15, -0.1) is 0 Å². The van der Waals surface area contributed by atoms with E-state index in [9.17, 15) is 0 Å². The summed E-state index contributed by atoms with van der Waals surface area (Å²) in [5.41, 5.74) is 1.26. The van der Waals surface area contributed by atoms with Crippen molar-refractivity contribution >= 4 is 11.6 Å². The molecule has 0 aliphatic heterocycles. The highest BCUT2D eigenvalue weighted by atomic mass is 35.5.